The first-order valence-corrected chi connectivity index (χ1v) is 6.65. The SMILES string of the molecule is COC(C)(C)CNS(=O)(=O)c1ccc(N)cc1. The predicted octanol–water partition coefficient (Wildman–Crippen LogP) is 0.972. The van der Waals surface area contributed by atoms with Crippen molar-refractivity contribution in [3.8, 4) is 0 Å². The number of anilines is 1. The van der Waals surface area contributed by atoms with Gasteiger partial charge in [-0.1, -0.05) is 0 Å². The number of nitrogens with one attached hydrogen (secondary N) is 1. The van der Waals surface area contributed by atoms with Gasteiger partial charge in [0, 0.05) is 19.3 Å². The Morgan fingerprint density at radius 1 is 1.29 bits per heavy atom. The van der Waals surface area contributed by atoms with E-state index in [9.17, 15) is 8.42 Å². The first kappa shape index (κ1) is 14.0. The Kier molecular flexibility index (Phi) is 4.13. The van der Waals surface area contributed by atoms with Crippen LogP contribution in [0.5, 0.6) is 0 Å². The molecular weight excluding hydrogens is 240 g/mol. The summed E-state index contributed by atoms with van der Waals surface area (Å²) in [6.07, 6.45) is 0. The standard InChI is InChI=1S/C11H18N2O3S/c1-11(2,16-3)8-13-17(14,15)10-6-4-9(12)5-7-10/h4-7,13H,8,12H2,1-3H3. The van der Waals surface area contributed by atoms with Gasteiger partial charge in [0.25, 0.3) is 0 Å². The zero-order valence-corrected chi connectivity index (χ0v) is 11.0. The van der Waals surface area contributed by atoms with Crippen LogP contribution in [0.15, 0.2) is 29.2 Å². The van der Waals surface area contributed by atoms with Crippen LogP contribution in [0.25, 0.3) is 0 Å². The van der Waals surface area contributed by atoms with E-state index in [0.717, 1.165) is 0 Å². The van der Waals surface area contributed by atoms with Gasteiger partial charge in [-0.2, -0.15) is 0 Å². The lowest BCUT2D eigenvalue weighted by Crippen LogP contribution is -2.39. The maximum absolute atomic E-state index is 11.9. The van der Waals surface area contributed by atoms with Crippen LogP contribution < -0.4 is 10.5 Å². The minimum Gasteiger partial charge on any atom is -0.399 e. The van der Waals surface area contributed by atoms with Crippen LogP contribution in [0.1, 0.15) is 13.8 Å². The van der Waals surface area contributed by atoms with Gasteiger partial charge in [0.1, 0.15) is 0 Å². The summed E-state index contributed by atoms with van der Waals surface area (Å²) in [5.41, 5.74) is 5.49. The van der Waals surface area contributed by atoms with Crippen molar-refractivity contribution in [3.63, 3.8) is 0 Å². The summed E-state index contributed by atoms with van der Waals surface area (Å²) in [5.74, 6) is 0. The Labute approximate surface area is 102 Å². The lowest BCUT2D eigenvalue weighted by molar-refractivity contribution is 0.0276. The molecule has 0 amide bonds. The Balaban J connectivity index is 2.79. The maximum atomic E-state index is 11.9. The number of nitrogens with two attached hydrogens (primary N) is 1. The lowest BCUT2D eigenvalue weighted by Gasteiger charge is -2.23. The van der Waals surface area contributed by atoms with Gasteiger partial charge in [0.05, 0.1) is 10.5 Å². The fraction of sp³-hybridized carbons (Fsp3) is 0.455. The van der Waals surface area contributed by atoms with E-state index in [0.29, 0.717) is 5.69 Å². The zero-order chi connectivity index (χ0) is 13.1. The van der Waals surface area contributed by atoms with Crippen molar-refractivity contribution < 1.29 is 13.2 Å². The molecule has 0 unspecified atom stereocenters. The number of sulfonamides is 1. The highest BCUT2D eigenvalue weighted by Gasteiger charge is 2.21. The smallest absolute Gasteiger partial charge is 0.240 e. The van der Waals surface area contributed by atoms with Crippen molar-refractivity contribution in [3.05, 3.63) is 24.3 Å². The highest BCUT2D eigenvalue weighted by atomic mass is 32.2. The molecule has 6 heteroatoms. The van der Waals surface area contributed by atoms with Crippen LogP contribution in [-0.4, -0.2) is 27.7 Å². The molecule has 5 nitrogen and oxygen atoms in total. The molecule has 0 aliphatic heterocycles. The van der Waals surface area contributed by atoms with Gasteiger partial charge in [-0.05, 0) is 38.1 Å². The van der Waals surface area contributed by atoms with E-state index in [1.807, 2.05) is 0 Å². The van der Waals surface area contributed by atoms with Crippen molar-refractivity contribution in [2.45, 2.75) is 24.3 Å². The first-order chi connectivity index (χ1) is 7.77. The molecule has 1 rings (SSSR count). The van der Waals surface area contributed by atoms with Gasteiger partial charge < -0.3 is 10.5 Å². The summed E-state index contributed by atoms with van der Waals surface area (Å²) in [6.45, 7) is 3.81. The molecule has 1 aromatic rings. The molecule has 0 saturated heterocycles. The van der Waals surface area contributed by atoms with Crippen molar-refractivity contribution in [2.75, 3.05) is 19.4 Å². The number of methoxy groups -OCH3 is 1. The number of hydrogen-bond acceptors (Lipinski definition) is 4. The van der Waals surface area contributed by atoms with E-state index < -0.39 is 15.6 Å². The van der Waals surface area contributed by atoms with E-state index in [-0.39, 0.29) is 11.4 Å². The second kappa shape index (κ2) is 5.03. The number of rotatable bonds is 5. The molecule has 96 valence electrons. The quantitative estimate of drug-likeness (QED) is 0.771. The molecule has 0 aliphatic rings. The third kappa shape index (κ3) is 3.99. The average Bonchev–Trinajstić information content (AvgIpc) is 2.27. The van der Waals surface area contributed by atoms with Crippen molar-refractivity contribution in [2.24, 2.45) is 0 Å². The Hall–Kier alpha value is -1.11. The number of hydrogen-bond donors (Lipinski definition) is 2. The van der Waals surface area contributed by atoms with Gasteiger partial charge in [0.2, 0.25) is 10.0 Å². The first-order valence-electron chi connectivity index (χ1n) is 5.17. The maximum Gasteiger partial charge on any atom is 0.240 e. The summed E-state index contributed by atoms with van der Waals surface area (Å²) >= 11 is 0. The van der Waals surface area contributed by atoms with Crippen molar-refractivity contribution in [1.29, 1.82) is 0 Å². The van der Waals surface area contributed by atoms with Crippen LogP contribution in [0.4, 0.5) is 5.69 Å². The second-order valence-corrected chi connectivity index (χ2v) is 6.12. The van der Waals surface area contributed by atoms with Crippen molar-refractivity contribution in [1.82, 2.24) is 4.72 Å². The molecule has 0 atom stereocenters. The summed E-state index contributed by atoms with van der Waals surface area (Å²) in [4.78, 5) is 0.193. The van der Waals surface area contributed by atoms with Gasteiger partial charge in [0.15, 0.2) is 0 Å². The fourth-order valence-electron chi connectivity index (χ4n) is 1.07. The minimum absolute atomic E-state index is 0.193. The molecule has 17 heavy (non-hydrogen) atoms. The summed E-state index contributed by atoms with van der Waals surface area (Å²) in [6, 6.07) is 6.04. The van der Waals surface area contributed by atoms with Crippen LogP contribution >= 0.6 is 0 Å². The minimum atomic E-state index is -3.51. The zero-order valence-electron chi connectivity index (χ0n) is 10.2. The van der Waals surface area contributed by atoms with Crippen LogP contribution in [0.3, 0.4) is 0 Å². The average molecular weight is 258 g/mol. The molecule has 0 radical (unpaired) electrons. The molecule has 0 saturated carbocycles. The van der Waals surface area contributed by atoms with Crippen LogP contribution in [0, 0.1) is 0 Å². The molecule has 0 spiro atoms. The third-order valence-corrected chi connectivity index (χ3v) is 3.85. The van der Waals surface area contributed by atoms with Gasteiger partial charge >= 0.3 is 0 Å². The molecule has 1 aromatic carbocycles. The predicted molar refractivity (Wildman–Crippen MR) is 67.1 cm³/mol. The van der Waals surface area contributed by atoms with Gasteiger partial charge in [-0.15, -0.1) is 0 Å². The molecule has 0 bridgehead atoms. The topological polar surface area (TPSA) is 81.4 Å². The van der Waals surface area contributed by atoms with Crippen molar-refractivity contribution >= 4 is 15.7 Å². The summed E-state index contributed by atoms with van der Waals surface area (Å²) in [7, 11) is -1.97. The summed E-state index contributed by atoms with van der Waals surface area (Å²) in [5, 5.41) is 0. The van der Waals surface area contributed by atoms with E-state index in [2.05, 4.69) is 4.72 Å². The normalized spacial score (nSPS) is 12.6. The number of ether oxygens (including phenoxy) is 1. The number of nitrogen functional groups attached to an aromatic ring is 1. The van der Waals surface area contributed by atoms with E-state index in [1.165, 1.54) is 19.2 Å². The Morgan fingerprint density at radius 2 is 1.82 bits per heavy atom. The fourth-order valence-corrected chi connectivity index (χ4v) is 2.27. The highest BCUT2D eigenvalue weighted by Crippen LogP contribution is 2.13. The molecule has 3 N–H and O–H groups in total. The van der Waals surface area contributed by atoms with E-state index >= 15 is 0 Å². The molecule has 0 heterocycles. The molecule has 0 aromatic heterocycles. The molecule has 0 fully saturated rings. The van der Waals surface area contributed by atoms with E-state index in [1.54, 1.807) is 26.0 Å². The largest absolute Gasteiger partial charge is 0.399 e. The summed E-state index contributed by atoms with van der Waals surface area (Å²) < 4.78 is 31.4. The third-order valence-electron chi connectivity index (χ3n) is 2.43. The van der Waals surface area contributed by atoms with Gasteiger partial charge in [-0.3, -0.25) is 0 Å². The Bertz CT molecular complexity index is 466. The Morgan fingerprint density at radius 3 is 2.29 bits per heavy atom. The lowest BCUT2D eigenvalue weighted by atomic mass is 10.1. The van der Waals surface area contributed by atoms with E-state index in [4.69, 9.17) is 10.5 Å². The second-order valence-electron chi connectivity index (χ2n) is 4.36. The monoisotopic (exact) mass is 258 g/mol. The molecular formula is C11H18N2O3S. The van der Waals surface area contributed by atoms with Gasteiger partial charge in [-0.25, -0.2) is 13.1 Å². The number of benzene rings is 1. The van der Waals surface area contributed by atoms with Crippen LogP contribution in [0.2, 0.25) is 0 Å². The van der Waals surface area contributed by atoms with Crippen LogP contribution in [-0.2, 0) is 14.8 Å². The highest BCUT2D eigenvalue weighted by molar-refractivity contribution is 7.89. The molecule has 0 aliphatic carbocycles.